The van der Waals surface area contributed by atoms with Crippen LogP contribution < -0.4 is 11.1 Å². The number of nitrogens with two attached hydrogens (primary N) is 1. The Morgan fingerprint density at radius 2 is 2.12 bits per heavy atom. The maximum atomic E-state index is 11.7. The zero-order valence-electron chi connectivity index (χ0n) is 10.2. The lowest BCUT2D eigenvalue weighted by Gasteiger charge is -2.21. The van der Waals surface area contributed by atoms with Crippen LogP contribution in [0.1, 0.15) is 26.7 Å². The molecule has 0 aliphatic carbocycles. The van der Waals surface area contributed by atoms with Crippen LogP contribution in [0.15, 0.2) is 0 Å². The first-order valence-corrected chi connectivity index (χ1v) is 5.73. The third-order valence-corrected chi connectivity index (χ3v) is 2.95. The molecule has 1 saturated heterocycles. The minimum absolute atomic E-state index is 0.0572. The molecular formula is C11H20N2O4. The van der Waals surface area contributed by atoms with Gasteiger partial charge in [0.05, 0.1) is 11.5 Å². The van der Waals surface area contributed by atoms with Crippen LogP contribution in [0.2, 0.25) is 0 Å². The Balaban J connectivity index is 2.38. The summed E-state index contributed by atoms with van der Waals surface area (Å²) >= 11 is 0. The van der Waals surface area contributed by atoms with Gasteiger partial charge in [0.1, 0.15) is 6.10 Å². The van der Waals surface area contributed by atoms with Crippen LogP contribution in [0.25, 0.3) is 0 Å². The largest absolute Gasteiger partial charge is 0.481 e. The predicted octanol–water partition coefficient (Wildman–Crippen LogP) is -0.280. The third kappa shape index (κ3) is 3.67. The number of nitrogens with one attached hydrogen (secondary N) is 1. The van der Waals surface area contributed by atoms with Crippen molar-refractivity contribution < 1.29 is 19.4 Å². The number of ether oxygens (including phenoxy) is 1. The highest BCUT2D eigenvalue weighted by Crippen LogP contribution is 2.19. The molecule has 0 aromatic rings. The molecule has 6 nitrogen and oxygen atoms in total. The van der Waals surface area contributed by atoms with E-state index in [0.717, 1.165) is 6.42 Å². The van der Waals surface area contributed by atoms with Crippen molar-refractivity contribution in [3.8, 4) is 0 Å². The molecule has 2 atom stereocenters. The molecule has 1 amide bonds. The molecule has 2 unspecified atom stereocenters. The van der Waals surface area contributed by atoms with E-state index in [-0.39, 0.29) is 18.6 Å². The second-order valence-corrected chi connectivity index (χ2v) is 4.97. The maximum Gasteiger partial charge on any atom is 0.310 e. The number of hydrogen-bond acceptors (Lipinski definition) is 4. The highest BCUT2D eigenvalue weighted by atomic mass is 16.5. The van der Waals surface area contributed by atoms with Crippen molar-refractivity contribution in [2.45, 2.75) is 38.9 Å². The number of hydrogen-bond donors (Lipinski definition) is 3. The summed E-state index contributed by atoms with van der Waals surface area (Å²) in [6.45, 7) is 3.63. The average Bonchev–Trinajstić information content (AvgIpc) is 2.74. The lowest BCUT2D eigenvalue weighted by atomic mass is 9.94. The van der Waals surface area contributed by atoms with Gasteiger partial charge in [0.2, 0.25) is 5.91 Å². The Morgan fingerprint density at radius 3 is 2.59 bits per heavy atom. The molecule has 0 spiro atoms. The topological polar surface area (TPSA) is 102 Å². The summed E-state index contributed by atoms with van der Waals surface area (Å²) in [5.41, 5.74) is 4.47. The zero-order chi connectivity index (χ0) is 13.1. The maximum absolute atomic E-state index is 11.7. The van der Waals surface area contributed by atoms with Gasteiger partial charge >= 0.3 is 5.97 Å². The summed E-state index contributed by atoms with van der Waals surface area (Å²) in [7, 11) is 0. The van der Waals surface area contributed by atoms with Crippen LogP contribution in [0.5, 0.6) is 0 Å². The lowest BCUT2D eigenvalue weighted by molar-refractivity contribution is -0.147. The Hall–Kier alpha value is -1.14. The lowest BCUT2D eigenvalue weighted by Crippen LogP contribution is -2.43. The molecule has 0 aromatic carbocycles. The summed E-state index contributed by atoms with van der Waals surface area (Å²) in [4.78, 5) is 22.6. The molecule has 0 bridgehead atoms. The van der Waals surface area contributed by atoms with E-state index in [9.17, 15) is 9.59 Å². The number of aliphatic carboxylic acids is 1. The summed E-state index contributed by atoms with van der Waals surface area (Å²) in [5.74, 6) is -1.19. The van der Waals surface area contributed by atoms with Crippen LogP contribution in [0.3, 0.4) is 0 Å². The fourth-order valence-corrected chi connectivity index (χ4v) is 1.57. The Kier molecular flexibility index (Phi) is 4.47. The van der Waals surface area contributed by atoms with E-state index in [4.69, 9.17) is 15.6 Å². The van der Waals surface area contributed by atoms with Gasteiger partial charge in [0.25, 0.3) is 0 Å². The molecular weight excluding hydrogens is 224 g/mol. The number of carbonyl (C=O) groups is 2. The highest BCUT2D eigenvalue weighted by Gasteiger charge is 2.32. The van der Waals surface area contributed by atoms with Gasteiger partial charge in [-0.05, 0) is 26.7 Å². The smallest absolute Gasteiger partial charge is 0.310 e. The highest BCUT2D eigenvalue weighted by molar-refractivity contribution is 5.82. The van der Waals surface area contributed by atoms with Crippen molar-refractivity contribution in [1.29, 1.82) is 0 Å². The second-order valence-electron chi connectivity index (χ2n) is 4.97. The van der Waals surface area contributed by atoms with Crippen molar-refractivity contribution >= 4 is 11.9 Å². The minimum Gasteiger partial charge on any atom is -0.481 e. The number of rotatable bonds is 5. The Morgan fingerprint density at radius 1 is 1.47 bits per heavy atom. The second kappa shape index (κ2) is 5.46. The number of carboxylic acid groups (broad SMARTS) is 1. The molecule has 17 heavy (non-hydrogen) atoms. The van der Waals surface area contributed by atoms with E-state index < -0.39 is 17.5 Å². The SMILES string of the molecule is CC(C)(CNC(=O)C1CCC(CN)O1)C(=O)O. The summed E-state index contributed by atoms with van der Waals surface area (Å²) in [5, 5.41) is 11.5. The number of carbonyl (C=O) groups excluding carboxylic acids is 1. The third-order valence-electron chi connectivity index (χ3n) is 2.95. The van der Waals surface area contributed by atoms with E-state index in [0.29, 0.717) is 13.0 Å². The fraction of sp³-hybridized carbons (Fsp3) is 0.818. The van der Waals surface area contributed by atoms with Gasteiger partial charge < -0.3 is 20.9 Å². The molecule has 1 aliphatic heterocycles. The van der Waals surface area contributed by atoms with Gasteiger partial charge in [0.15, 0.2) is 0 Å². The molecule has 1 heterocycles. The zero-order valence-corrected chi connectivity index (χ0v) is 10.2. The van der Waals surface area contributed by atoms with Gasteiger partial charge in [0, 0.05) is 13.1 Å². The van der Waals surface area contributed by atoms with Crippen LogP contribution >= 0.6 is 0 Å². The van der Waals surface area contributed by atoms with Crippen molar-refractivity contribution in [1.82, 2.24) is 5.32 Å². The molecule has 98 valence electrons. The molecule has 6 heteroatoms. The molecule has 4 N–H and O–H groups in total. The quantitative estimate of drug-likeness (QED) is 0.617. The van der Waals surface area contributed by atoms with E-state index in [1.54, 1.807) is 13.8 Å². The molecule has 0 saturated carbocycles. The molecule has 1 aliphatic rings. The van der Waals surface area contributed by atoms with Crippen molar-refractivity contribution in [2.75, 3.05) is 13.1 Å². The first kappa shape index (κ1) is 13.9. The van der Waals surface area contributed by atoms with Crippen LogP contribution in [-0.2, 0) is 14.3 Å². The fourth-order valence-electron chi connectivity index (χ4n) is 1.57. The Labute approximate surface area is 101 Å². The first-order valence-electron chi connectivity index (χ1n) is 5.73. The minimum atomic E-state index is -0.971. The van der Waals surface area contributed by atoms with Gasteiger partial charge in [-0.15, -0.1) is 0 Å². The van der Waals surface area contributed by atoms with Gasteiger partial charge in [-0.2, -0.15) is 0 Å². The van der Waals surface area contributed by atoms with Crippen molar-refractivity contribution in [2.24, 2.45) is 11.1 Å². The van der Waals surface area contributed by atoms with E-state index >= 15 is 0 Å². The van der Waals surface area contributed by atoms with E-state index in [2.05, 4.69) is 5.32 Å². The van der Waals surface area contributed by atoms with Gasteiger partial charge in [-0.25, -0.2) is 0 Å². The van der Waals surface area contributed by atoms with Crippen LogP contribution in [0.4, 0.5) is 0 Å². The first-order chi connectivity index (χ1) is 7.86. The molecule has 0 aromatic heterocycles. The van der Waals surface area contributed by atoms with E-state index in [1.165, 1.54) is 0 Å². The van der Waals surface area contributed by atoms with Crippen LogP contribution in [0, 0.1) is 5.41 Å². The monoisotopic (exact) mass is 244 g/mol. The molecule has 1 rings (SSSR count). The van der Waals surface area contributed by atoms with Gasteiger partial charge in [-0.3, -0.25) is 9.59 Å². The van der Waals surface area contributed by atoms with Crippen molar-refractivity contribution in [3.63, 3.8) is 0 Å². The average molecular weight is 244 g/mol. The number of carboxylic acids is 1. The van der Waals surface area contributed by atoms with Crippen molar-refractivity contribution in [3.05, 3.63) is 0 Å². The summed E-state index contributed by atoms with van der Waals surface area (Å²) in [6.07, 6.45) is 0.865. The summed E-state index contributed by atoms with van der Waals surface area (Å²) < 4.78 is 5.41. The summed E-state index contributed by atoms with van der Waals surface area (Å²) in [6, 6.07) is 0. The molecule has 0 radical (unpaired) electrons. The van der Waals surface area contributed by atoms with Crippen LogP contribution in [-0.4, -0.2) is 42.3 Å². The van der Waals surface area contributed by atoms with E-state index in [1.807, 2.05) is 0 Å². The predicted molar refractivity (Wildman–Crippen MR) is 61.4 cm³/mol. The van der Waals surface area contributed by atoms with Gasteiger partial charge in [-0.1, -0.05) is 0 Å². The standard InChI is InChI=1S/C11H20N2O4/c1-11(2,10(15)16)6-13-9(14)8-4-3-7(5-12)17-8/h7-8H,3-6,12H2,1-2H3,(H,13,14)(H,15,16). The Bertz CT molecular complexity index is 304. The molecule has 1 fully saturated rings. The number of amides is 1. The normalized spacial score (nSPS) is 24.6.